The van der Waals surface area contributed by atoms with Crippen molar-refractivity contribution in [2.24, 2.45) is 0 Å². The molecule has 0 bridgehead atoms. The van der Waals surface area contributed by atoms with Crippen LogP contribution in [0.15, 0.2) is 48.5 Å². The topological polar surface area (TPSA) is 83.2 Å². The third-order valence-electron chi connectivity index (χ3n) is 5.52. The highest BCUT2D eigenvalue weighted by molar-refractivity contribution is 9.10. The monoisotopic (exact) mass is 564 g/mol. The van der Waals surface area contributed by atoms with E-state index < -0.39 is 6.04 Å². The number of rotatable bonds is 6. The summed E-state index contributed by atoms with van der Waals surface area (Å²) in [7, 11) is 5.39. The summed E-state index contributed by atoms with van der Waals surface area (Å²) in [6.45, 7) is 1.22. The lowest BCUT2D eigenvalue weighted by atomic mass is 9.98. The zero-order valence-electron chi connectivity index (χ0n) is 17.8. The largest absolute Gasteiger partial charge is 0.503 e. The van der Waals surface area contributed by atoms with Gasteiger partial charge in [-0.1, -0.05) is 15.9 Å². The summed E-state index contributed by atoms with van der Waals surface area (Å²) in [6, 6.07) is 7.84. The predicted molar refractivity (Wildman–Crippen MR) is 129 cm³/mol. The zero-order valence-corrected chi connectivity index (χ0v) is 21.0. The number of phenolic OH excluding ortho intramolecular Hbond substituents is 1. The standard InChI is InChI=1S/C23H22Br2N2O5/c1-26(2)7-4-8-27-19(12-9-15(25)21(29)17(10-12)31-3)18-20(28)14-11-13(24)5-6-16(14)32-22(18)23(27)30/h5-6,9-11,19,29H,4,7-8H2,1-3H3. The van der Waals surface area contributed by atoms with Gasteiger partial charge >= 0.3 is 0 Å². The fraction of sp³-hybridized carbons (Fsp3) is 0.304. The molecule has 3 aromatic rings. The first-order valence-electron chi connectivity index (χ1n) is 10.0. The van der Waals surface area contributed by atoms with Crippen LogP contribution in [0.5, 0.6) is 11.5 Å². The van der Waals surface area contributed by atoms with Crippen LogP contribution in [0.25, 0.3) is 11.0 Å². The Balaban J connectivity index is 1.93. The van der Waals surface area contributed by atoms with Crippen LogP contribution >= 0.6 is 31.9 Å². The summed E-state index contributed by atoms with van der Waals surface area (Å²) in [4.78, 5) is 30.7. The van der Waals surface area contributed by atoms with Gasteiger partial charge in [0.05, 0.1) is 28.6 Å². The number of carbonyl (C=O) groups is 1. The van der Waals surface area contributed by atoms with Crippen molar-refractivity contribution in [3.63, 3.8) is 0 Å². The molecule has 0 saturated carbocycles. The molecule has 4 rings (SSSR count). The quantitative estimate of drug-likeness (QED) is 0.473. The minimum absolute atomic E-state index is 0.0468. The van der Waals surface area contributed by atoms with Gasteiger partial charge in [0.2, 0.25) is 5.76 Å². The minimum Gasteiger partial charge on any atom is -0.503 e. The van der Waals surface area contributed by atoms with Gasteiger partial charge in [-0.3, -0.25) is 9.59 Å². The van der Waals surface area contributed by atoms with Gasteiger partial charge in [-0.15, -0.1) is 0 Å². The lowest BCUT2D eigenvalue weighted by Gasteiger charge is -2.26. The third-order valence-corrected chi connectivity index (χ3v) is 6.62. The number of amides is 1. The van der Waals surface area contributed by atoms with E-state index in [-0.39, 0.29) is 28.6 Å². The van der Waals surface area contributed by atoms with Crippen LogP contribution in [0.2, 0.25) is 0 Å². The molecule has 0 saturated heterocycles. The molecule has 1 aromatic heterocycles. The molecule has 0 radical (unpaired) electrons. The van der Waals surface area contributed by atoms with Crippen LogP contribution < -0.4 is 10.2 Å². The molecule has 1 atom stereocenters. The van der Waals surface area contributed by atoms with E-state index in [1.165, 1.54) is 7.11 Å². The van der Waals surface area contributed by atoms with Crippen LogP contribution in [-0.2, 0) is 0 Å². The molecule has 32 heavy (non-hydrogen) atoms. The van der Waals surface area contributed by atoms with Crippen molar-refractivity contribution in [3.8, 4) is 11.5 Å². The summed E-state index contributed by atoms with van der Waals surface area (Å²) >= 11 is 6.75. The molecule has 1 aliphatic rings. The summed E-state index contributed by atoms with van der Waals surface area (Å²) in [5.41, 5.74) is 1.05. The second-order valence-corrected chi connectivity index (χ2v) is 9.70. The number of aromatic hydroxyl groups is 1. The highest BCUT2D eigenvalue weighted by atomic mass is 79.9. The first kappa shape index (κ1) is 22.8. The van der Waals surface area contributed by atoms with E-state index in [0.29, 0.717) is 33.1 Å². The Morgan fingerprint density at radius 3 is 2.62 bits per heavy atom. The molecular weight excluding hydrogens is 544 g/mol. The number of carbonyl (C=O) groups excluding carboxylic acids is 1. The Hall–Kier alpha value is -2.36. The van der Waals surface area contributed by atoms with Crippen LogP contribution in [0.4, 0.5) is 0 Å². The average molecular weight is 566 g/mol. The van der Waals surface area contributed by atoms with Crippen molar-refractivity contribution in [2.75, 3.05) is 34.3 Å². The number of hydrogen-bond donors (Lipinski definition) is 1. The van der Waals surface area contributed by atoms with E-state index >= 15 is 0 Å². The number of nitrogens with zero attached hydrogens (tertiary/aromatic N) is 2. The SMILES string of the molecule is COc1cc(C2c3c(oc4ccc(Br)cc4c3=O)C(=O)N2CCCN(C)C)cc(Br)c1O. The molecule has 168 valence electrons. The second kappa shape index (κ2) is 8.88. The van der Waals surface area contributed by atoms with E-state index in [0.717, 1.165) is 17.4 Å². The molecule has 1 N–H and O–H groups in total. The maximum atomic E-state index is 13.6. The number of phenols is 1. The van der Waals surface area contributed by atoms with Gasteiger partial charge < -0.3 is 24.1 Å². The Morgan fingerprint density at radius 2 is 1.94 bits per heavy atom. The van der Waals surface area contributed by atoms with Crippen LogP contribution in [0, 0.1) is 0 Å². The third kappa shape index (κ3) is 3.93. The van der Waals surface area contributed by atoms with Crippen LogP contribution in [0.3, 0.4) is 0 Å². The normalized spacial score (nSPS) is 15.6. The van der Waals surface area contributed by atoms with Gasteiger partial charge in [0, 0.05) is 11.0 Å². The summed E-state index contributed by atoms with van der Waals surface area (Å²) in [5, 5.41) is 10.7. The van der Waals surface area contributed by atoms with E-state index in [1.54, 1.807) is 35.2 Å². The number of ether oxygens (including phenoxy) is 1. The number of fused-ring (bicyclic) bond motifs is 2. The van der Waals surface area contributed by atoms with Crippen LogP contribution in [-0.4, -0.2) is 55.1 Å². The Kier molecular flexibility index (Phi) is 6.33. The molecule has 1 amide bonds. The highest BCUT2D eigenvalue weighted by Crippen LogP contribution is 2.43. The van der Waals surface area contributed by atoms with E-state index in [4.69, 9.17) is 9.15 Å². The lowest BCUT2D eigenvalue weighted by Crippen LogP contribution is -2.32. The fourth-order valence-corrected chi connectivity index (χ4v) is 4.86. The van der Waals surface area contributed by atoms with Gasteiger partial charge in [-0.05, 0) is 78.9 Å². The summed E-state index contributed by atoms with van der Waals surface area (Å²) in [6.07, 6.45) is 0.721. The van der Waals surface area contributed by atoms with Gasteiger partial charge in [-0.2, -0.15) is 0 Å². The fourth-order valence-electron chi connectivity index (χ4n) is 4.03. The van der Waals surface area contributed by atoms with Crippen molar-refractivity contribution in [1.82, 2.24) is 9.80 Å². The molecule has 9 heteroatoms. The number of halogens is 2. The number of methoxy groups -OCH3 is 1. The van der Waals surface area contributed by atoms with E-state index in [2.05, 4.69) is 31.9 Å². The van der Waals surface area contributed by atoms with E-state index in [9.17, 15) is 14.7 Å². The first-order chi connectivity index (χ1) is 15.2. The van der Waals surface area contributed by atoms with Crippen molar-refractivity contribution in [2.45, 2.75) is 12.5 Å². The van der Waals surface area contributed by atoms with Crippen molar-refractivity contribution < 1.29 is 19.1 Å². The van der Waals surface area contributed by atoms with Crippen molar-refractivity contribution in [3.05, 3.63) is 66.4 Å². The number of benzene rings is 2. The zero-order chi connectivity index (χ0) is 23.2. The van der Waals surface area contributed by atoms with Gasteiger partial charge in [-0.25, -0.2) is 0 Å². The predicted octanol–water partition coefficient (Wildman–Crippen LogP) is 4.53. The van der Waals surface area contributed by atoms with E-state index in [1.807, 2.05) is 19.0 Å². The highest BCUT2D eigenvalue weighted by Gasteiger charge is 2.43. The maximum absolute atomic E-state index is 13.6. The Bertz CT molecular complexity index is 1270. The summed E-state index contributed by atoms with van der Waals surface area (Å²) in [5.74, 6) is -0.0671. The average Bonchev–Trinajstić information content (AvgIpc) is 3.02. The van der Waals surface area contributed by atoms with Crippen LogP contribution in [0.1, 0.15) is 34.1 Å². The van der Waals surface area contributed by atoms with Gasteiger partial charge in [0.1, 0.15) is 5.58 Å². The van der Waals surface area contributed by atoms with Crippen molar-refractivity contribution in [1.29, 1.82) is 0 Å². The van der Waals surface area contributed by atoms with Crippen molar-refractivity contribution >= 4 is 48.7 Å². The molecular formula is C23H22Br2N2O5. The second-order valence-electron chi connectivity index (χ2n) is 7.93. The molecule has 2 aromatic carbocycles. The molecule has 7 nitrogen and oxygen atoms in total. The maximum Gasteiger partial charge on any atom is 0.290 e. The molecule has 1 unspecified atom stereocenters. The Morgan fingerprint density at radius 1 is 1.19 bits per heavy atom. The molecule has 0 spiro atoms. The molecule has 0 aliphatic carbocycles. The lowest BCUT2D eigenvalue weighted by molar-refractivity contribution is 0.0722. The first-order valence-corrected chi connectivity index (χ1v) is 11.6. The van der Waals surface area contributed by atoms with Gasteiger partial charge in [0.15, 0.2) is 16.9 Å². The smallest absolute Gasteiger partial charge is 0.290 e. The molecule has 2 heterocycles. The Labute approximate surface area is 201 Å². The minimum atomic E-state index is -0.662. The summed E-state index contributed by atoms with van der Waals surface area (Å²) < 4.78 is 12.4. The molecule has 1 aliphatic heterocycles. The molecule has 0 fully saturated rings. The van der Waals surface area contributed by atoms with Gasteiger partial charge in [0.25, 0.3) is 5.91 Å². The number of hydrogen-bond acceptors (Lipinski definition) is 6.